The first-order valence-electron chi connectivity index (χ1n) is 9.62. The number of carbonyl (C=O) groups excluding carboxylic acids is 2. The zero-order chi connectivity index (χ0) is 20.8. The van der Waals surface area contributed by atoms with Gasteiger partial charge in [-0.1, -0.05) is 25.0 Å². The molecule has 0 aliphatic heterocycles. The maximum absolute atomic E-state index is 12.6. The van der Waals surface area contributed by atoms with Crippen LogP contribution in [0.3, 0.4) is 0 Å². The summed E-state index contributed by atoms with van der Waals surface area (Å²) in [6.07, 6.45) is 4.05. The second-order valence-corrected chi connectivity index (χ2v) is 7.09. The van der Waals surface area contributed by atoms with E-state index in [-0.39, 0.29) is 29.6 Å². The SMILES string of the molecule is CNc1ccc([N+](=O)[O-])cc1C(=O)NCc1cccc(NC(=O)C2CCCC2)c1. The van der Waals surface area contributed by atoms with Gasteiger partial charge in [0.25, 0.3) is 11.6 Å². The van der Waals surface area contributed by atoms with E-state index in [1.807, 2.05) is 24.3 Å². The van der Waals surface area contributed by atoms with Crippen molar-refractivity contribution < 1.29 is 14.5 Å². The lowest BCUT2D eigenvalue weighted by atomic mass is 10.1. The number of carbonyl (C=O) groups is 2. The first-order valence-corrected chi connectivity index (χ1v) is 9.62. The summed E-state index contributed by atoms with van der Waals surface area (Å²) < 4.78 is 0. The van der Waals surface area contributed by atoms with Crippen LogP contribution in [0.2, 0.25) is 0 Å². The summed E-state index contributed by atoms with van der Waals surface area (Å²) in [5.41, 5.74) is 2.07. The highest BCUT2D eigenvalue weighted by molar-refractivity contribution is 6.00. The van der Waals surface area contributed by atoms with Crippen molar-refractivity contribution in [1.82, 2.24) is 5.32 Å². The largest absolute Gasteiger partial charge is 0.387 e. The number of anilines is 2. The fourth-order valence-corrected chi connectivity index (χ4v) is 3.52. The molecule has 8 heteroatoms. The van der Waals surface area contributed by atoms with E-state index in [9.17, 15) is 19.7 Å². The van der Waals surface area contributed by atoms with E-state index >= 15 is 0 Å². The molecule has 2 amide bonds. The van der Waals surface area contributed by atoms with Gasteiger partial charge in [-0.3, -0.25) is 19.7 Å². The smallest absolute Gasteiger partial charge is 0.270 e. The van der Waals surface area contributed by atoms with Crippen LogP contribution in [0.4, 0.5) is 17.1 Å². The zero-order valence-electron chi connectivity index (χ0n) is 16.2. The summed E-state index contributed by atoms with van der Waals surface area (Å²) in [6, 6.07) is 11.4. The Hall–Kier alpha value is -3.42. The first kappa shape index (κ1) is 20.3. The van der Waals surface area contributed by atoms with Crippen LogP contribution < -0.4 is 16.0 Å². The molecule has 29 heavy (non-hydrogen) atoms. The minimum atomic E-state index is -0.535. The van der Waals surface area contributed by atoms with Crippen LogP contribution in [0.1, 0.15) is 41.6 Å². The molecule has 0 radical (unpaired) electrons. The van der Waals surface area contributed by atoms with Crippen molar-refractivity contribution in [2.24, 2.45) is 5.92 Å². The Morgan fingerprint density at radius 3 is 2.59 bits per heavy atom. The van der Waals surface area contributed by atoms with Crippen molar-refractivity contribution in [1.29, 1.82) is 0 Å². The Labute approximate surface area is 168 Å². The Morgan fingerprint density at radius 2 is 1.90 bits per heavy atom. The molecule has 1 aliphatic rings. The molecule has 0 spiro atoms. The lowest BCUT2D eigenvalue weighted by Gasteiger charge is -2.12. The standard InChI is InChI=1S/C21H24N4O4/c1-22-19-10-9-17(25(28)29)12-18(19)21(27)23-13-14-5-4-8-16(11-14)24-20(26)15-6-2-3-7-15/h4-5,8-12,15,22H,2-3,6-7,13H2,1H3,(H,23,27)(H,24,26). The van der Waals surface area contributed by atoms with Crippen molar-refractivity contribution in [3.63, 3.8) is 0 Å². The average molecular weight is 396 g/mol. The molecule has 2 aromatic rings. The Kier molecular flexibility index (Phi) is 6.43. The molecule has 0 saturated heterocycles. The van der Waals surface area contributed by atoms with E-state index in [1.54, 1.807) is 7.05 Å². The molecule has 0 bridgehead atoms. The van der Waals surface area contributed by atoms with Gasteiger partial charge in [0, 0.05) is 43.0 Å². The highest BCUT2D eigenvalue weighted by atomic mass is 16.6. The van der Waals surface area contributed by atoms with E-state index in [0.29, 0.717) is 11.4 Å². The van der Waals surface area contributed by atoms with Crippen molar-refractivity contribution in [2.45, 2.75) is 32.2 Å². The van der Waals surface area contributed by atoms with Crippen LogP contribution in [0, 0.1) is 16.0 Å². The molecule has 1 fully saturated rings. The number of non-ortho nitro benzene ring substituents is 1. The second-order valence-electron chi connectivity index (χ2n) is 7.09. The van der Waals surface area contributed by atoms with Gasteiger partial charge in [0.1, 0.15) is 0 Å². The summed E-state index contributed by atoms with van der Waals surface area (Å²) in [7, 11) is 1.65. The number of amides is 2. The molecule has 0 aromatic heterocycles. The van der Waals surface area contributed by atoms with Crippen molar-refractivity contribution in [3.05, 3.63) is 63.7 Å². The summed E-state index contributed by atoms with van der Waals surface area (Å²) in [4.78, 5) is 35.3. The van der Waals surface area contributed by atoms with Crippen molar-refractivity contribution in [2.75, 3.05) is 17.7 Å². The molecule has 8 nitrogen and oxygen atoms in total. The molecule has 1 saturated carbocycles. The Bertz CT molecular complexity index is 923. The summed E-state index contributed by atoms with van der Waals surface area (Å²) >= 11 is 0. The van der Waals surface area contributed by atoms with Crippen LogP contribution in [0.5, 0.6) is 0 Å². The van der Waals surface area contributed by atoms with Crippen LogP contribution >= 0.6 is 0 Å². The molecular weight excluding hydrogens is 372 g/mol. The average Bonchev–Trinajstić information content (AvgIpc) is 3.27. The van der Waals surface area contributed by atoms with E-state index in [1.165, 1.54) is 18.2 Å². The molecule has 1 aliphatic carbocycles. The second kappa shape index (κ2) is 9.18. The minimum absolute atomic E-state index is 0.0407. The van der Waals surface area contributed by atoms with Gasteiger partial charge in [-0.25, -0.2) is 0 Å². The fourth-order valence-electron chi connectivity index (χ4n) is 3.52. The van der Waals surface area contributed by atoms with Crippen molar-refractivity contribution >= 4 is 28.9 Å². The number of nitro benzene ring substituents is 1. The zero-order valence-corrected chi connectivity index (χ0v) is 16.2. The van der Waals surface area contributed by atoms with E-state index in [4.69, 9.17) is 0 Å². The summed E-state index contributed by atoms with van der Waals surface area (Å²) in [6.45, 7) is 0.234. The van der Waals surface area contributed by atoms with Crippen LogP contribution in [0.15, 0.2) is 42.5 Å². The topological polar surface area (TPSA) is 113 Å². The van der Waals surface area contributed by atoms with Crippen molar-refractivity contribution in [3.8, 4) is 0 Å². The van der Waals surface area contributed by atoms with Gasteiger partial charge in [-0.2, -0.15) is 0 Å². The Balaban J connectivity index is 1.65. The number of nitrogens with one attached hydrogen (secondary N) is 3. The third-order valence-corrected chi connectivity index (χ3v) is 5.10. The van der Waals surface area contributed by atoms with Gasteiger partial charge in [0.2, 0.25) is 5.91 Å². The van der Waals surface area contributed by atoms with Gasteiger partial charge < -0.3 is 16.0 Å². The maximum Gasteiger partial charge on any atom is 0.270 e. The fraction of sp³-hybridized carbons (Fsp3) is 0.333. The molecular formula is C21H24N4O4. The number of rotatable bonds is 7. The maximum atomic E-state index is 12.6. The number of hydrogen-bond donors (Lipinski definition) is 3. The minimum Gasteiger partial charge on any atom is -0.387 e. The van der Waals surface area contributed by atoms with Crippen LogP contribution in [-0.4, -0.2) is 23.8 Å². The van der Waals surface area contributed by atoms with Gasteiger partial charge in [-0.15, -0.1) is 0 Å². The lowest BCUT2D eigenvalue weighted by Crippen LogP contribution is -2.24. The molecule has 3 rings (SSSR count). The Morgan fingerprint density at radius 1 is 1.14 bits per heavy atom. The third kappa shape index (κ3) is 5.10. The predicted octanol–water partition coefficient (Wildman–Crippen LogP) is 3.70. The highest BCUT2D eigenvalue weighted by Gasteiger charge is 2.22. The summed E-state index contributed by atoms with van der Waals surface area (Å²) in [5.74, 6) is -0.301. The van der Waals surface area contributed by atoms with Crippen LogP contribution in [0.25, 0.3) is 0 Å². The van der Waals surface area contributed by atoms with Crippen LogP contribution in [-0.2, 0) is 11.3 Å². The monoisotopic (exact) mass is 396 g/mol. The number of nitrogens with zero attached hydrogens (tertiary/aromatic N) is 1. The molecule has 2 aromatic carbocycles. The molecule has 0 unspecified atom stereocenters. The molecule has 0 atom stereocenters. The lowest BCUT2D eigenvalue weighted by molar-refractivity contribution is -0.384. The van der Waals surface area contributed by atoms with Gasteiger partial charge in [-0.05, 0) is 36.6 Å². The summed E-state index contributed by atoms with van der Waals surface area (Å²) in [5, 5.41) is 19.6. The number of benzene rings is 2. The first-order chi connectivity index (χ1) is 14.0. The van der Waals surface area contributed by atoms with E-state index < -0.39 is 10.8 Å². The molecule has 152 valence electrons. The quantitative estimate of drug-likeness (QED) is 0.488. The number of hydrogen-bond acceptors (Lipinski definition) is 5. The number of nitro groups is 1. The van der Waals surface area contributed by atoms with E-state index in [2.05, 4.69) is 16.0 Å². The molecule has 0 heterocycles. The van der Waals surface area contributed by atoms with Gasteiger partial charge in [0.15, 0.2) is 0 Å². The van der Waals surface area contributed by atoms with E-state index in [0.717, 1.165) is 31.2 Å². The van der Waals surface area contributed by atoms with Gasteiger partial charge in [0.05, 0.1) is 10.5 Å². The van der Waals surface area contributed by atoms with Gasteiger partial charge >= 0.3 is 0 Å². The third-order valence-electron chi connectivity index (χ3n) is 5.10. The predicted molar refractivity (Wildman–Crippen MR) is 111 cm³/mol. The normalized spacial score (nSPS) is 13.7. The highest BCUT2D eigenvalue weighted by Crippen LogP contribution is 2.26. The molecule has 3 N–H and O–H groups in total.